The molecular weight excluding hydrogens is 248 g/mol. The molecule has 0 aromatic carbocycles. The first kappa shape index (κ1) is 14.1. The van der Waals surface area contributed by atoms with E-state index in [2.05, 4.69) is 12.2 Å². The van der Waals surface area contributed by atoms with Crippen molar-refractivity contribution in [2.75, 3.05) is 26.8 Å². The van der Waals surface area contributed by atoms with Gasteiger partial charge in [-0.05, 0) is 18.3 Å². The average Bonchev–Trinajstić information content (AvgIpc) is 2.81. The van der Waals surface area contributed by atoms with Crippen molar-refractivity contribution in [1.82, 2.24) is 10.2 Å². The Labute approximate surface area is 113 Å². The monoisotopic (exact) mass is 270 g/mol. The SMILES string of the molecule is CN(C(=O)NCC1(C)CCC1)C1COCC1C(=O)O. The smallest absolute Gasteiger partial charge is 0.317 e. The van der Waals surface area contributed by atoms with Crippen molar-refractivity contribution >= 4 is 12.0 Å². The number of aliphatic carboxylic acids is 1. The molecule has 2 aliphatic rings. The fourth-order valence-corrected chi connectivity index (χ4v) is 2.68. The molecule has 19 heavy (non-hydrogen) atoms. The largest absolute Gasteiger partial charge is 0.481 e. The van der Waals surface area contributed by atoms with Crippen LogP contribution >= 0.6 is 0 Å². The number of amides is 2. The molecule has 6 heteroatoms. The van der Waals surface area contributed by atoms with Gasteiger partial charge in [-0.3, -0.25) is 4.79 Å². The summed E-state index contributed by atoms with van der Waals surface area (Å²) in [6.45, 7) is 3.28. The first-order valence-corrected chi connectivity index (χ1v) is 6.74. The van der Waals surface area contributed by atoms with Crippen LogP contribution in [0, 0.1) is 11.3 Å². The minimum atomic E-state index is -0.909. The van der Waals surface area contributed by atoms with Gasteiger partial charge in [0.15, 0.2) is 0 Å². The first-order valence-electron chi connectivity index (χ1n) is 6.74. The number of nitrogens with one attached hydrogen (secondary N) is 1. The van der Waals surface area contributed by atoms with E-state index >= 15 is 0 Å². The minimum Gasteiger partial charge on any atom is -0.481 e. The van der Waals surface area contributed by atoms with Gasteiger partial charge in [0.05, 0.1) is 19.3 Å². The van der Waals surface area contributed by atoms with Crippen LogP contribution in [0.25, 0.3) is 0 Å². The number of ether oxygens (including phenoxy) is 1. The molecule has 0 spiro atoms. The lowest BCUT2D eigenvalue weighted by Crippen LogP contribution is -2.51. The molecule has 2 atom stereocenters. The minimum absolute atomic E-state index is 0.176. The van der Waals surface area contributed by atoms with Crippen molar-refractivity contribution in [2.45, 2.75) is 32.2 Å². The summed E-state index contributed by atoms with van der Waals surface area (Å²) < 4.78 is 5.18. The maximum absolute atomic E-state index is 12.1. The summed E-state index contributed by atoms with van der Waals surface area (Å²) in [7, 11) is 1.63. The highest BCUT2D eigenvalue weighted by Gasteiger charge is 2.39. The van der Waals surface area contributed by atoms with Gasteiger partial charge in [0.2, 0.25) is 0 Å². The molecule has 2 rings (SSSR count). The second-order valence-electron chi connectivity index (χ2n) is 5.98. The number of carboxylic acids is 1. The topological polar surface area (TPSA) is 78.9 Å². The molecule has 6 nitrogen and oxygen atoms in total. The molecule has 0 aromatic rings. The number of nitrogens with zero attached hydrogens (tertiary/aromatic N) is 1. The molecule has 0 bridgehead atoms. The van der Waals surface area contributed by atoms with Gasteiger partial charge >= 0.3 is 12.0 Å². The Bertz CT molecular complexity index is 368. The van der Waals surface area contributed by atoms with Gasteiger partial charge in [-0.1, -0.05) is 13.3 Å². The van der Waals surface area contributed by atoms with Gasteiger partial charge in [-0.2, -0.15) is 0 Å². The Hall–Kier alpha value is -1.30. The maximum atomic E-state index is 12.1. The maximum Gasteiger partial charge on any atom is 0.317 e. The molecule has 2 fully saturated rings. The lowest BCUT2D eigenvalue weighted by atomic mass is 9.70. The fraction of sp³-hybridized carbons (Fsp3) is 0.846. The van der Waals surface area contributed by atoms with Crippen LogP contribution < -0.4 is 5.32 Å². The first-order chi connectivity index (χ1) is 8.93. The third-order valence-electron chi connectivity index (χ3n) is 4.41. The quantitative estimate of drug-likeness (QED) is 0.796. The third kappa shape index (κ3) is 3.00. The number of carbonyl (C=O) groups is 2. The summed E-state index contributed by atoms with van der Waals surface area (Å²) in [5, 5.41) is 12.0. The second kappa shape index (κ2) is 5.36. The highest BCUT2D eigenvalue weighted by atomic mass is 16.5. The molecule has 1 aliphatic carbocycles. The van der Waals surface area contributed by atoms with E-state index in [4.69, 9.17) is 9.84 Å². The number of urea groups is 1. The summed E-state index contributed by atoms with van der Waals surface area (Å²) in [6, 6.07) is -0.596. The van der Waals surface area contributed by atoms with E-state index in [-0.39, 0.29) is 30.7 Å². The predicted octanol–water partition coefficient (Wildman–Crippen LogP) is 0.918. The number of likely N-dealkylation sites (N-methyl/N-ethyl adjacent to an activating group) is 1. The number of carboxylic acid groups (broad SMARTS) is 1. The van der Waals surface area contributed by atoms with Crippen molar-refractivity contribution in [3.63, 3.8) is 0 Å². The number of hydrogen-bond acceptors (Lipinski definition) is 3. The summed E-state index contributed by atoms with van der Waals surface area (Å²) in [5.41, 5.74) is 0.217. The van der Waals surface area contributed by atoms with Gasteiger partial charge in [-0.15, -0.1) is 0 Å². The predicted molar refractivity (Wildman–Crippen MR) is 68.9 cm³/mol. The zero-order valence-corrected chi connectivity index (χ0v) is 11.5. The number of hydrogen-bond donors (Lipinski definition) is 2. The Morgan fingerprint density at radius 1 is 1.42 bits per heavy atom. The second-order valence-corrected chi connectivity index (χ2v) is 5.98. The summed E-state index contributed by atoms with van der Waals surface area (Å²) in [5.74, 6) is -1.54. The van der Waals surface area contributed by atoms with Gasteiger partial charge in [0.25, 0.3) is 0 Å². The third-order valence-corrected chi connectivity index (χ3v) is 4.41. The lowest BCUT2D eigenvalue weighted by Gasteiger charge is -2.39. The standard InChI is InChI=1S/C13H22N2O4/c1-13(4-3-5-13)8-14-12(18)15(2)10-7-19-6-9(10)11(16)17/h9-10H,3-8H2,1-2H3,(H,14,18)(H,16,17). The van der Waals surface area contributed by atoms with Crippen LogP contribution in [0.1, 0.15) is 26.2 Å². The van der Waals surface area contributed by atoms with E-state index in [1.54, 1.807) is 7.05 Å². The molecule has 0 radical (unpaired) electrons. The van der Waals surface area contributed by atoms with Crippen LogP contribution in [0.4, 0.5) is 4.79 Å². The highest BCUT2D eigenvalue weighted by Crippen LogP contribution is 2.39. The molecule has 2 unspecified atom stereocenters. The summed E-state index contributed by atoms with van der Waals surface area (Å²) in [4.78, 5) is 24.6. The van der Waals surface area contributed by atoms with Gasteiger partial charge in [0.1, 0.15) is 5.92 Å². The van der Waals surface area contributed by atoms with Gasteiger partial charge in [-0.25, -0.2) is 4.79 Å². The molecule has 1 heterocycles. The average molecular weight is 270 g/mol. The Balaban J connectivity index is 1.86. The van der Waals surface area contributed by atoms with Crippen molar-refractivity contribution in [3.05, 3.63) is 0 Å². The van der Waals surface area contributed by atoms with Crippen molar-refractivity contribution in [1.29, 1.82) is 0 Å². The molecule has 2 N–H and O–H groups in total. The van der Waals surface area contributed by atoms with E-state index in [1.165, 1.54) is 11.3 Å². The molecule has 1 aliphatic heterocycles. The molecule has 108 valence electrons. The van der Waals surface area contributed by atoms with E-state index in [1.807, 2.05) is 0 Å². The molecule has 1 saturated carbocycles. The van der Waals surface area contributed by atoms with Crippen LogP contribution in [0.15, 0.2) is 0 Å². The van der Waals surface area contributed by atoms with Crippen LogP contribution in [0.3, 0.4) is 0 Å². The zero-order valence-electron chi connectivity index (χ0n) is 11.5. The van der Waals surface area contributed by atoms with E-state index in [0.717, 1.165) is 12.8 Å². The lowest BCUT2D eigenvalue weighted by molar-refractivity contribution is -0.142. The van der Waals surface area contributed by atoms with E-state index < -0.39 is 11.9 Å². The van der Waals surface area contributed by atoms with Crippen LogP contribution in [0.2, 0.25) is 0 Å². The Kier molecular flexibility index (Phi) is 3.99. The normalized spacial score (nSPS) is 28.5. The Morgan fingerprint density at radius 2 is 2.11 bits per heavy atom. The zero-order chi connectivity index (χ0) is 14.0. The molecule has 2 amide bonds. The number of rotatable bonds is 4. The number of carbonyl (C=O) groups excluding carboxylic acids is 1. The van der Waals surface area contributed by atoms with E-state index in [0.29, 0.717) is 6.54 Å². The van der Waals surface area contributed by atoms with Crippen molar-refractivity contribution in [2.24, 2.45) is 11.3 Å². The van der Waals surface area contributed by atoms with Crippen LogP contribution in [-0.2, 0) is 9.53 Å². The summed E-state index contributed by atoms with van der Waals surface area (Å²) in [6.07, 6.45) is 3.50. The molecule has 1 saturated heterocycles. The van der Waals surface area contributed by atoms with Crippen molar-refractivity contribution < 1.29 is 19.4 Å². The van der Waals surface area contributed by atoms with Gasteiger partial charge < -0.3 is 20.1 Å². The molecular formula is C13H22N2O4. The van der Waals surface area contributed by atoms with Gasteiger partial charge in [0, 0.05) is 13.6 Å². The highest BCUT2D eigenvalue weighted by molar-refractivity contribution is 5.77. The summed E-state index contributed by atoms with van der Waals surface area (Å²) >= 11 is 0. The van der Waals surface area contributed by atoms with E-state index in [9.17, 15) is 9.59 Å². The van der Waals surface area contributed by atoms with Crippen molar-refractivity contribution in [3.8, 4) is 0 Å². The van der Waals surface area contributed by atoms with Crippen LogP contribution in [0.5, 0.6) is 0 Å². The van der Waals surface area contributed by atoms with Crippen LogP contribution in [-0.4, -0.2) is 54.9 Å². The molecule has 0 aromatic heterocycles. The Morgan fingerprint density at radius 3 is 2.63 bits per heavy atom. The fourth-order valence-electron chi connectivity index (χ4n) is 2.68.